The summed E-state index contributed by atoms with van der Waals surface area (Å²) in [6, 6.07) is 2.07. The molecule has 1 aromatic rings. The van der Waals surface area contributed by atoms with E-state index in [-0.39, 0.29) is 0 Å². The van der Waals surface area contributed by atoms with E-state index in [0.29, 0.717) is 0 Å². The highest BCUT2D eigenvalue weighted by Crippen LogP contribution is 2.08. The first-order chi connectivity index (χ1) is 7.83. The molecule has 0 spiro atoms. The summed E-state index contributed by atoms with van der Waals surface area (Å²) in [5.41, 5.74) is 1.18. The molecule has 1 rings (SSSR count). The molecule has 0 aliphatic carbocycles. The van der Waals surface area contributed by atoms with Crippen LogP contribution in [0.3, 0.4) is 0 Å². The number of hydrogen-bond donors (Lipinski definition) is 1. The van der Waals surface area contributed by atoms with Crippen molar-refractivity contribution in [1.82, 2.24) is 10.3 Å². The summed E-state index contributed by atoms with van der Waals surface area (Å²) < 4.78 is 6.47. The van der Waals surface area contributed by atoms with Gasteiger partial charge in [-0.25, -0.2) is 0 Å². The topological polar surface area (TPSA) is 34.1 Å². The van der Waals surface area contributed by atoms with Crippen LogP contribution in [0.15, 0.2) is 22.9 Å². The van der Waals surface area contributed by atoms with E-state index < -0.39 is 0 Å². The van der Waals surface area contributed by atoms with Gasteiger partial charge in [0.25, 0.3) is 0 Å². The van der Waals surface area contributed by atoms with Crippen LogP contribution in [0.5, 0.6) is 0 Å². The minimum atomic E-state index is 0.779. The van der Waals surface area contributed by atoms with Crippen molar-refractivity contribution in [1.29, 1.82) is 0 Å². The first kappa shape index (κ1) is 13.6. The van der Waals surface area contributed by atoms with Crippen LogP contribution in [-0.4, -0.2) is 24.7 Å². The quantitative estimate of drug-likeness (QED) is 0.747. The molecule has 3 nitrogen and oxygen atoms in total. The Hall–Kier alpha value is -0.450. The second kappa shape index (κ2) is 8.67. The first-order valence-electron chi connectivity index (χ1n) is 5.71. The lowest BCUT2D eigenvalue weighted by atomic mass is 10.3. The van der Waals surface area contributed by atoms with Crippen LogP contribution in [-0.2, 0) is 11.3 Å². The standard InChI is InChI=1S/C12H19BrN2O/c1-2-3-5-16-6-4-14-8-11-7-12(13)10-15-9-11/h7,9-10,14H,2-6,8H2,1H3. The number of nitrogens with zero attached hydrogens (tertiary/aromatic N) is 1. The Bertz CT molecular complexity index is 294. The maximum atomic E-state index is 5.45. The molecule has 1 aromatic heterocycles. The third-order valence-corrected chi connectivity index (χ3v) is 2.59. The van der Waals surface area contributed by atoms with Crippen LogP contribution in [0, 0.1) is 0 Å². The maximum Gasteiger partial charge on any atom is 0.0591 e. The molecule has 4 heteroatoms. The first-order valence-corrected chi connectivity index (χ1v) is 6.50. The average molecular weight is 287 g/mol. The van der Waals surface area contributed by atoms with Gasteiger partial charge in [0.15, 0.2) is 0 Å². The summed E-state index contributed by atoms with van der Waals surface area (Å²) >= 11 is 3.40. The van der Waals surface area contributed by atoms with Crippen molar-refractivity contribution in [2.24, 2.45) is 0 Å². The third kappa shape index (κ3) is 6.20. The number of ether oxygens (including phenoxy) is 1. The third-order valence-electron chi connectivity index (χ3n) is 2.16. The Kier molecular flexibility index (Phi) is 7.38. The predicted octanol–water partition coefficient (Wildman–Crippen LogP) is 2.75. The second-order valence-electron chi connectivity index (χ2n) is 3.65. The molecule has 1 heterocycles. The molecule has 0 amide bonds. The van der Waals surface area contributed by atoms with Crippen LogP contribution < -0.4 is 5.32 Å². The number of hydrogen-bond acceptors (Lipinski definition) is 3. The lowest BCUT2D eigenvalue weighted by molar-refractivity contribution is 0.133. The van der Waals surface area contributed by atoms with Crippen LogP contribution in [0.4, 0.5) is 0 Å². The van der Waals surface area contributed by atoms with Gasteiger partial charge in [0, 0.05) is 36.6 Å². The average Bonchev–Trinajstić information content (AvgIpc) is 2.28. The fraction of sp³-hybridized carbons (Fsp3) is 0.583. The van der Waals surface area contributed by atoms with Crippen LogP contribution in [0.1, 0.15) is 25.3 Å². The van der Waals surface area contributed by atoms with Crippen molar-refractivity contribution >= 4 is 15.9 Å². The number of pyridine rings is 1. The highest BCUT2D eigenvalue weighted by molar-refractivity contribution is 9.10. The number of nitrogens with one attached hydrogen (secondary N) is 1. The normalized spacial score (nSPS) is 10.6. The Morgan fingerprint density at radius 1 is 1.38 bits per heavy atom. The van der Waals surface area contributed by atoms with Gasteiger partial charge in [-0.1, -0.05) is 13.3 Å². The monoisotopic (exact) mass is 286 g/mol. The molecule has 0 aromatic carbocycles. The van der Waals surface area contributed by atoms with Crippen molar-refractivity contribution in [2.45, 2.75) is 26.3 Å². The molecule has 0 fully saturated rings. The van der Waals surface area contributed by atoms with E-state index in [0.717, 1.165) is 37.2 Å². The van der Waals surface area contributed by atoms with Gasteiger partial charge in [0.1, 0.15) is 0 Å². The van der Waals surface area contributed by atoms with Gasteiger partial charge in [-0.15, -0.1) is 0 Å². The van der Waals surface area contributed by atoms with Gasteiger partial charge < -0.3 is 10.1 Å². The van der Waals surface area contributed by atoms with Crippen molar-refractivity contribution in [3.05, 3.63) is 28.5 Å². The number of aromatic nitrogens is 1. The molecule has 0 atom stereocenters. The van der Waals surface area contributed by atoms with E-state index in [9.17, 15) is 0 Å². The lowest BCUT2D eigenvalue weighted by Gasteiger charge is -2.05. The zero-order chi connectivity index (χ0) is 11.6. The predicted molar refractivity (Wildman–Crippen MR) is 69.4 cm³/mol. The molecule has 0 radical (unpaired) electrons. The Morgan fingerprint density at radius 3 is 3.00 bits per heavy atom. The molecule has 0 aliphatic heterocycles. The molecular formula is C12H19BrN2O. The lowest BCUT2D eigenvalue weighted by Crippen LogP contribution is -2.19. The molecule has 1 N–H and O–H groups in total. The van der Waals surface area contributed by atoms with Crippen LogP contribution in [0.2, 0.25) is 0 Å². The summed E-state index contributed by atoms with van der Waals surface area (Å²) in [6.07, 6.45) is 6.00. The van der Waals surface area contributed by atoms with E-state index in [1.165, 1.54) is 12.0 Å². The van der Waals surface area contributed by atoms with Gasteiger partial charge >= 0.3 is 0 Å². The Morgan fingerprint density at radius 2 is 2.25 bits per heavy atom. The molecule has 16 heavy (non-hydrogen) atoms. The fourth-order valence-electron chi connectivity index (χ4n) is 1.28. The summed E-state index contributed by atoms with van der Waals surface area (Å²) in [5.74, 6) is 0. The molecule has 0 saturated heterocycles. The fourth-order valence-corrected chi connectivity index (χ4v) is 1.69. The van der Waals surface area contributed by atoms with Gasteiger partial charge in [0.05, 0.1) is 6.61 Å². The maximum absolute atomic E-state index is 5.45. The summed E-state index contributed by atoms with van der Waals surface area (Å²) in [5, 5.41) is 3.32. The van der Waals surface area contributed by atoms with E-state index in [2.05, 4.69) is 39.2 Å². The number of unbranched alkanes of at least 4 members (excludes halogenated alkanes) is 1. The van der Waals surface area contributed by atoms with E-state index in [1.54, 1.807) is 6.20 Å². The van der Waals surface area contributed by atoms with Crippen molar-refractivity contribution < 1.29 is 4.74 Å². The SMILES string of the molecule is CCCCOCCNCc1cncc(Br)c1. The van der Waals surface area contributed by atoms with Crippen molar-refractivity contribution in [3.63, 3.8) is 0 Å². The zero-order valence-electron chi connectivity index (χ0n) is 9.71. The smallest absolute Gasteiger partial charge is 0.0591 e. The number of halogens is 1. The highest BCUT2D eigenvalue weighted by Gasteiger charge is 1.94. The summed E-state index contributed by atoms with van der Waals surface area (Å²) in [6.45, 7) is 5.54. The highest BCUT2D eigenvalue weighted by atomic mass is 79.9. The van der Waals surface area contributed by atoms with E-state index in [1.807, 2.05) is 6.20 Å². The largest absolute Gasteiger partial charge is 0.380 e. The van der Waals surface area contributed by atoms with Gasteiger partial charge in [-0.2, -0.15) is 0 Å². The minimum Gasteiger partial charge on any atom is -0.380 e. The molecular weight excluding hydrogens is 268 g/mol. The zero-order valence-corrected chi connectivity index (χ0v) is 11.3. The Balaban J connectivity index is 2.03. The number of rotatable bonds is 8. The molecule has 0 bridgehead atoms. The van der Waals surface area contributed by atoms with Crippen LogP contribution in [0.25, 0.3) is 0 Å². The van der Waals surface area contributed by atoms with E-state index in [4.69, 9.17) is 4.74 Å². The Labute approximate surface area is 106 Å². The van der Waals surface area contributed by atoms with Crippen molar-refractivity contribution in [2.75, 3.05) is 19.8 Å². The minimum absolute atomic E-state index is 0.779. The molecule has 90 valence electrons. The molecule has 0 saturated carbocycles. The van der Waals surface area contributed by atoms with E-state index >= 15 is 0 Å². The molecule has 0 unspecified atom stereocenters. The van der Waals surface area contributed by atoms with Gasteiger partial charge in [-0.05, 0) is 34.0 Å². The van der Waals surface area contributed by atoms with Gasteiger partial charge in [0.2, 0.25) is 0 Å². The summed E-state index contributed by atoms with van der Waals surface area (Å²) in [7, 11) is 0. The van der Waals surface area contributed by atoms with Crippen LogP contribution >= 0.6 is 15.9 Å². The van der Waals surface area contributed by atoms with Crippen molar-refractivity contribution in [3.8, 4) is 0 Å². The second-order valence-corrected chi connectivity index (χ2v) is 4.57. The van der Waals surface area contributed by atoms with Gasteiger partial charge in [-0.3, -0.25) is 4.98 Å². The molecule has 0 aliphatic rings. The summed E-state index contributed by atoms with van der Waals surface area (Å²) in [4.78, 5) is 4.11.